The van der Waals surface area contributed by atoms with Crippen LogP contribution in [-0.2, 0) is 35.1 Å². The molecule has 3 heterocycles. The molecule has 7 aromatic rings. The van der Waals surface area contributed by atoms with Crippen molar-refractivity contribution in [3.63, 3.8) is 0 Å². The van der Waals surface area contributed by atoms with E-state index in [0.29, 0.717) is 40.4 Å². The number of aliphatic hydroxyl groups excluding tert-OH is 1. The number of fused-ring (bicyclic) bond motifs is 1. The van der Waals surface area contributed by atoms with Crippen LogP contribution in [0, 0.1) is 5.92 Å². The fraction of sp³-hybridized carbons (Fsp3) is 0.269. The van der Waals surface area contributed by atoms with Gasteiger partial charge in [0, 0.05) is 12.3 Å². The largest absolute Gasteiger partial charge is 0.497 e. The van der Waals surface area contributed by atoms with Crippen molar-refractivity contribution in [2.45, 2.75) is 63.3 Å². The van der Waals surface area contributed by atoms with Gasteiger partial charge in [-0.3, -0.25) is 14.2 Å². The number of aromatic nitrogens is 4. The van der Waals surface area contributed by atoms with Gasteiger partial charge in [-0.05, 0) is 71.6 Å². The molecule has 0 spiro atoms. The average molecular weight is 921 g/mol. The normalized spacial score (nSPS) is 18.0. The lowest BCUT2D eigenvalue weighted by atomic mass is 9.80. The van der Waals surface area contributed by atoms with Gasteiger partial charge in [0.15, 0.2) is 23.1 Å². The molecule has 1 saturated heterocycles. The molecule has 4 atom stereocenters. The molecule has 8 rings (SSSR count). The van der Waals surface area contributed by atoms with Gasteiger partial charge in [-0.2, -0.15) is 9.97 Å². The third-order valence-electron chi connectivity index (χ3n) is 11.8. The van der Waals surface area contributed by atoms with Crippen molar-refractivity contribution in [2.24, 2.45) is 5.92 Å². The highest BCUT2D eigenvalue weighted by Gasteiger charge is 2.64. The third kappa shape index (κ3) is 8.84. The summed E-state index contributed by atoms with van der Waals surface area (Å²) < 4.78 is 38.4. The Bertz CT molecular complexity index is 2760. The molecule has 3 N–H and O–H groups in total. The molecule has 5 aromatic carbocycles. The third-order valence-corrected chi connectivity index (χ3v) is 11.8. The minimum atomic E-state index is -2.32. The number of carbonyl (C=O) groups excluding carboxylic acids is 3. The van der Waals surface area contributed by atoms with Crippen LogP contribution in [0.25, 0.3) is 11.2 Å². The smallest absolute Gasteiger partial charge is 0.425 e. The maximum Gasteiger partial charge on any atom is 0.425 e. The monoisotopic (exact) mass is 920 g/mol. The number of carbonyl (C=O) groups is 3. The number of ether oxygens (including phenoxy) is 6. The number of aliphatic hydroxyl groups is 1. The van der Waals surface area contributed by atoms with Crippen LogP contribution in [0.1, 0.15) is 50.3 Å². The average Bonchev–Trinajstić information content (AvgIpc) is 3.91. The van der Waals surface area contributed by atoms with E-state index in [1.807, 2.05) is 91.0 Å². The summed E-state index contributed by atoms with van der Waals surface area (Å²) in [5.74, 6) is -1.50. The second kappa shape index (κ2) is 20.1. The number of imidazole rings is 1. The second-order valence-corrected chi connectivity index (χ2v) is 16.4. The van der Waals surface area contributed by atoms with Crippen LogP contribution in [0.15, 0.2) is 146 Å². The Balaban J connectivity index is 1.25. The number of rotatable bonds is 17. The first kappa shape index (κ1) is 46.9. The zero-order chi connectivity index (χ0) is 48.0. The number of para-hydroxylation sites is 2. The van der Waals surface area contributed by atoms with E-state index < -0.39 is 53.4 Å². The molecule has 0 aliphatic carbocycles. The summed E-state index contributed by atoms with van der Waals surface area (Å²) in [6, 6.07) is 42.1. The van der Waals surface area contributed by atoms with Gasteiger partial charge in [0.1, 0.15) is 35.6 Å². The molecule has 0 saturated carbocycles. The van der Waals surface area contributed by atoms with Crippen molar-refractivity contribution in [2.75, 3.05) is 31.5 Å². The van der Waals surface area contributed by atoms with Crippen molar-refractivity contribution >= 4 is 46.3 Å². The van der Waals surface area contributed by atoms with Crippen LogP contribution in [0.3, 0.4) is 0 Å². The first-order chi connectivity index (χ1) is 32.9. The number of esters is 1. The lowest BCUT2D eigenvalue weighted by Crippen LogP contribution is -2.55. The van der Waals surface area contributed by atoms with E-state index in [2.05, 4.69) is 15.0 Å². The van der Waals surface area contributed by atoms with Gasteiger partial charge in [-0.15, -0.1) is 0 Å². The van der Waals surface area contributed by atoms with Gasteiger partial charge < -0.3 is 39.3 Å². The molecule has 16 nitrogen and oxygen atoms in total. The number of ketones is 1. The van der Waals surface area contributed by atoms with Gasteiger partial charge in [-0.1, -0.05) is 112 Å². The summed E-state index contributed by atoms with van der Waals surface area (Å²) in [5.41, 5.74) is 5.61. The molecule has 350 valence electrons. The molecule has 68 heavy (non-hydrogen) atoms. The fourth-order valence-electron chi connectivity index (χ4n) is 8.53. The number of nitrogen functional groups attached to an aromatic ring is 1. The molecular formula is C52H52N6O10. The Kier molecular flexibility index (Phi) is 13.8. The highest BCUT2D eigenvalue weighted by atomic mass is 16.6. The van der Waals surface area contributed by atoms with Gasteiger partial charge in [0.2, 0.25) is 11.7 Å². The van der Waals surface area contributed by atoms with Crippen molar-refractivity contribution in [3.8, 4) is 17.4 Å². The van der Waals surface area contributed by atoms with E-state index in [-0.39, 0.29) is 36.0 Å². The summed E-state index contributed by atoms with van der Waals surface area (Å²) in [7, 11) is 3.16. The topological polar surface area (TPSA) is 200 Å². The zero-order valence-corrected chi connectivity index (χ0v) is 38.2. The number of methoxy groups -OCH3 is 2. The van der Waals surface area contributed by atoms with Gasteiger partial charge in [-0.25, -0.2) is 14.7 Å². The molecule has 2 aromatic heterocycles. The molecule has 1 aliphatic rings. The molecule has 0 radical (unpaired) electrons. The molecule has 1 amide bonds. The van der Waals surface area contributed by atoms with Crippen molar-refractivity contribution in [1.82, 2.24) is 19.5 Å². The van der Waals surface area contributed by atoms with Gasteiger partial charge in [0.25, 0.3) is 5.88 Å². The minimum absolute atomic E-state index is 0.0262. The fourth-order valence-corrected chi connectivity index (χ4v) is 8.53. The van der Waals surface area contributed by atoms with Crippen LogP contribution in [0.2, 0.25) is 0 Å². The first-order valence-electron chi connectivity index (χ1n) is 22.2. The van der Waals surface area contributed by atoms with Crippen LogP contribution < -0.4 is 24.8 Å². The molecule has 1 fully saturated rings. The van der Waals surface area contributed by atoms with Crippen molar-refractivity contribution in [1.29, 1.82) is 0 Å². The van der Waals surface area contributed by atoms with Gasteiger partial charge in [0.05, 0.1) is 32.2 Å². The van der Waals surface area contributed by atoms with E-state index in [1.165, 1.54) is 15.8 Å². The lowest BCUT2D eigenvalue weighted by Gasteiger charge is -2.37. The number of nitrogens with zero attached hydrogens (tertiary/aromatic N) is 5. The maximum absolute atomic E-state index is 15.1. The Morgan fingerprint density at radius 2 is 1.32 bits per heavy atom. The minimum Gasteiger partial charge on any atom is -0.497 e. The predicted molar refractivity (Wildman–Crippen MR) is 253 cm³/mol. The highest BCUT2D eigenvalue weighted by Crippen LogP contribution is 2.46. The second-order valence-electron chi connectivity index (χ2n) is 16.4. The van der Waals surface area contributed by atoms with Crippen LogP contribution >= 0.6 is 0 Å². The van der Waals surface area contributed by atoms with E-state index in [0.717, 1.165) is 5.56 Å². The molecule has 0 bridgehead atoms. The van der Waals surface area contributed by atoms with E-state index in [9.17, 15) is 14.7 Å². The van der Waals surface area contributed by atoms with E-state index in [1.54, 1.807) is 83.5 Å². The van der Waals surface area contributed by atoms with Crippen LogP contribution in [0.4, 0.5) is 22.1 Å². The summed E-state index contributed by atoms with van der Waals surface area (Å²) in [5, 5.41) is 12.5. The summed E-state index contributed by atoms with van der Waals surface area (Å²) in [6.45, 7) is 4.75. The van der Waals surface area contributed by atoms with E-state index >= 15 is 4.79 Å². The van der Waals surface area contributed by atoms with Crippen LogP contribution in [-0.4, -0.2) is 81.6 Å². The van der Waals surface area contributed by atoms with Gasteiger partial charge >= 0.3 is 12.1 Å². The number of hydrogen-bond acceptors (Lipinski definition) is 14. The van der Waals surface area contributed by atoms with E-state index in [4.69, 9.17) is 34.2 Å². The number of amides is 1. The Morgan fingerprint density at radius 1 is 0.794 bits per heavy atom. The molecule has 16 heteroatoms. The molecule has 0 unspecified atom stereocenters. The van der Waals surface area contributed by atoms with Crippen molar-refractivity contribution < 1.29 is 47.9 Å². The quantitative estimate of drug-likeness (QED) is 0.0655. The number of nitrogens with two attached hydrogens (primary N) is 1. The maximum atomic E-state index is 15.1. The standard InChI is InChI=1S/C52H52N6O10/c1-6-16-42(59)66-46-44(60)41(31-65-51(34-17-10-7-11-18-34,35-23-27-39(63-4)28-24-35)36-25-29-40(64-5)30-26-36)68-52(46,45(61)33(2)3)57-32-54-43-47(57)55-49(53)56-48(43)67-50(62)58(37-19-12-8-13-20-37)38-21-14-9-15-22-38/h7-15,17-30,32-33,41,44,46,60H,6,16,31H2,1-5H3,(H2,53,55,56)/t41-,44-,46-,52-/m1/s1. The SMILES string of the molecule is CCCC(=O)O[C@@H]1[C@H](O)[C@@H](COC(c2ccccc2)(c2ccc(OC)cc2)c2ccc(OC)cc2)O[C@@]1(C(=O)C(C)C)n1cnc2c(OC(=O)N(c3ccccc3)c3ccccc3)nc(N)nc21. The molecular weight excluding hydrogens is 869 g/mol. The Labute approximate surface area is 393 Å². The highest BCUT2D eigenvalue weighted by molar-refractivity contribution is 5.98. The van der Waals surface area contributed by atoms with Crippen LogP contribution in [0.5, 0.6) is 17.4 Å². The summed E-state index contributed by atoms with van der Waals surface area (Å²) in [4.78, 5) is 57.5. The number of Topliss-reactive ketones (excluding diaryl/α,β-unsaturated/α-hetero) is 1. The Morgan fingerprint density at radius 3 is 1.84 bits per heavy atom. The number of benzene rings is 5. The number of hydrogen-bond donors (Lipinski definition) is 2. The predicted octanol–water partition coefficient (Wildman–Crippen LogP) is 8.12. The summed E-state index contributed by atoms with van der Waals surface area (Å²) >= 11 is 0. The molecule has 1 aliphatic heterocycles. The Hall–Kier alpha value is -7.66. The lowest BCUT2D eigenvalue weighted by molar-refractivity contribution is -0.191. The van der Waals surface area contributed by atoms with Crippen molar-refractivity contribution in [3.05, 3.63) is 163 Å². The zero-order valence-electron chi connectivity index (χ0n) is 38.2. The first-order valence-corrected chi connectivity index (χ1v) is 22.2. The number of anilines is 3. The summed E-state index contributed by atoms with van der Waals surface area (Å²) in [6.07, 6.45) is -3.91.